The van der Waals surface area contributed by atoms with E-state index in [-0.39, 0.29) is 5.82 Å². The molecular formula is C16H18FN5. The molecule has 2 heterocycles. The molecule has 1 aromatic heterocycles. The van der Waals surface area contributed by atoms with E-state index in [2.05, 4.69) is 38.9 Å². The Bertz CT molecular complexity index is 731. The molecule has 0 atom stereocenters. The molecule has 6 heteroatoms. The summed E-state index contributed by atoms with van der Waals surface area (Å²) < 4.78 is 14.4. The van der Waals surface area contributed by atoms with E-state index in [0.717, 1.165) is 23.4 Å². The largest absolute Gasteiger partial charge is 0.368 e. The van der Waals surface area contributed by atoms with Crippen LogP contribution in [0, 0.1) is 12.7 Å². The van der Waals surface area contributed by atoms with Gasteiger partial charge in [-0.3, -0.25) is 10.1 Å². The number of halogens is 1. The Kier molecular flexibility index (Phi) is 3.75. The Balaban J connectivity index is 2.02. The third kappa shape index (κ3) is 2.64. The van der Waals surface area contributed by atoms with Crippen LogP contribution in [0.4, 0.5) is 4.39 Å². The van der Waals surface area contributed by atoms with Crippen molar-refractivity contribution in [1.29, 1.82) is 0 Å². The van der Waals surface area contributed by atoms with Gasteiger partial charge in [0.2, 0.25) is 0 Å². The highest BCUT2D eigenvalue weighted by molar-refractivity contribution is 5.79. The second kappa shape index (κ2) is 5.71. The van der Waals surface area contributed by atoms with E-state index in [9.17, 15) is 4.39 Å². The molecule has 3 rings (SSSR count). The van der Waals surface area contributed by atoms with Gasteiger partial charge in [-0.15, -0.1) is 0 Å². The van der Waals surface area contributed by atoms with Crippen LogP contribution < -0.4 is 0 Å². The fourth-order valence-corrected chi connectivity index (χ4v) is 2.44. The second-order valence-corrected chi connectivity index (χ2v) is 5.59. The lowest BCUT2D eigenvalue weighted by Gasteiger charge is -2.26. The van der Waals surface area contributed by atoms with Crippen molar-refractivity contribution >= 4 is 11.9 Å². The Morgan fingerprint density at radius 3 is 2.77 bits per heavy atom. The molecule has 0 aliphatic carbocycles. The van der Waals surface area contributed by atoms with Crippen molar-refractivity contribution < 1.29 is 4.39 Å². The van der Waals surface area contributed by atoms with Crippen molar-refractivity contribution in [2.45, 2.75) is 26.8 Å². The van der Waals surface area contributed by atoms with Crippen molar-refractivity contribution in [3.05, 3.63) is 41.6 Å². The lowest BCUT2D eigenvalue weighted by atomic mass is 10.0. The predicted octanol–water partition coefficient (Wildman–Crippen LogP) is 3.01. The zero-order valence-electron chi connectivity index (χ0n) is 12.8. The number of aromatic amines is 1. The first-order valence-electron chi connectivity index (χ1n) is 7.23. The van der Waals surface area contributed by atoms with E-state index in [1.54, 1.807) is 6.07 Å². The van der Waals surface area contributed by atoms with Gasteiger partial charge in [0, 0.05) is 24.0 Å². The van der Waals surface area contributed by atoms with Gasteiger partial charge in [-0.1, -0.05) is 0 Å². The summed E-state index contributed by atoms with van der Waals surface area (Å²) in [4.78, 5) is 10.6. The van der Waals surface area contributed by atoms with Gasteiger partial charge in [0.15, 0.2) is 5.82 Å². The molecular weight excluding hydrogens is 281 g/mol. The molecule has 114 valence electrons. The van der Waals surface area contributed by atoms with Gasteiger partial charge in [0.25, 0.3) is 0 Å². The smallest absolute Gasteiger partial charge is 0.183 e. The lowest BCUT2D eigenvalue weighted by molar-refractivity contribution is 0.352. The van der Waals surface area contributed by atoms with Crippen LogP contribution in [0.3, 0.4) is 0 Å². The summed E-state index contributed by atoms with van der Waals surface area (Å²) in [5, 5.41) is 6.54. The highest BCUT2D eigenvalue weighted by atomic mass is 19.1. The van der Waals surface area contributed by atoms with Gasteiger partial charge in [0.05, 0.1) is 17.8 Å². The average Bonchev–Trinajstić information content (AvgIpc) is 3.03. The maximum atomic E-state index is 14.4. The number of benzene rings is 1. The minimum Gasteiger partial charge on any atom is -0.368 e. The summed E-state index contributed by atoms with van der Waals surface area (Å²) in [7, 11) is 0. The molecule has 0 spiro atoms. The average molecular weight is 299 g/mol. The minimum atomic E-state index is -0.349. The number of H-pyrrole nitrogens is 1. The van der Waals surface area contributed by atoms with E-state index in [4.69, 9.17) is 0 Å². The topological polar surface area (TPSA) is 57.2 Å². The number of hydrogen-bond donors (Lipinski definition) is 1. The monoisotopic (exact) mass is 299 g/mol. The standard InChI is InChI=1S/C16H18FN5/c1-10(2)22-5-4-18-15(8-22)12-7-14(17)13(6-11(12)3)16-19-9-20-21-16/h4,6-10H,5H2,1-3H3,(H,19,20,21). The van der Waals surface area contributed by atoms with E-state index in [1.807, 2.05) is 19.3 Å². The van der Waals surface area contributed by atoms with Crippen molar-refractivity contribution in [3.8, 4) is 11.4 Å². The van der Waals surface area contributed by atoms with Crippen LogP contribution in [0.5, 0.6) is 0 Å². The molecule has 0 saturated carbocycles. The fraction of sp³-hybridized carbons (Fsp3) is 0.312. The number of aryl methyl sites for hydroxylation is 1. The predicted molar refractivity (Wildman–Crippen MR) is 84.8 cm³/mol. The molecule has 1 aliphatic heterocycles. The first-order valence-corrected chi connectivity index (χ1v) is 7.23. The fourth-order valence-electron chi connectivity index (χ4n) is 2.44. The first kappa shape index (κ1) is 14.4. The highest BCUT2D eigenvalue weighted by Crippen LogP contribution is 2.29. The molecule has 1 aromatic carbocycles. The lowest BCUT2D eigenvalue weighted by Crippen LogP contribution is -2.29. The molecule has 1 aliphatic rings. The first-order chi connectivity index (χ1) is 10.6. The second-order valence-electron chi connectivity index (χ2n) is 5.59. The minimum absolute atomic E-state index is 0.349. The molecule has 5 nitrogen and oxygen atoms in total. The van der Waals surface area contributed by atoms with Crippen LogP contribution in [-0.4, -0.2) is 38.9 Å². The van der Waals surface area contributed by atoms with Crippen LogP contribution in [-0.2, 0) is 0 Å². The van der Waals surface area contributed by atoms with Gasteiger partial charge in [0.1, 0.15) is 12.1 Å². The zero-order valence-corrected chi connectivity index (χ0v) is 12.8. The quantitative estimate of drug-likeness (QED) is 0.948. The third-order valence-electron chi connectivity index (χ3n) is 3.72. The Hall–Kier alpha value is -2.50. The Labute approximate surface area is 128 Å². The van der Waals surface area contributed by atoms with Crippen molar-refractivity contribution in [3.63, 3.8) is 0 Å². The molecule has 0 saturated heterocycles. The molecule has 0 fully saturated rings. The number of aliphatic imine (C=N–C) groups is 1. The highest BCUT2D eigenvalue weighted by Gasteiger charge is 2.17. The number of rotatable bonds is 3. The summed E-state index contributed by atoms with van der Waals surface area (Å²) >= 11 is 0. The zero-order chi connectivity index (χ0) is 15.7. The van der Waals surface area contributed by atoms with Crippen LogP contribution in [0.25, 0.3) is 17.1 Å². The normalized spacial score (nSPS) is 14.6. The van der Waals surface area contributed by atoms with Gasteiger partial charge in [-0.25, -0.2) is 9.37 Å². The summed E-state index contributed by atoms with van der Waals surface area (Å²) in [6.07, 6.45) is 5.28. The van der Waals surface area contributed by atoms with Crippen molar-refractivity contribution in [2.75, 3.05) is 6.54 Å². The van der Waals surface area contributed by atoms with Crippen LogP contribution in [0.2, 0.25) is 0 Å². The SMILES string of the molecule is Cc1cc(-c2nc[nH]n2)c(F)cc1C1=CN(C(C)C)CC=N1. The summed E-state index contributed by atoms with van der Waals surface area (Å²) in [6.45, 7) is 6.95. The van der Waals surface area contributed by atoms with Crippen LogP contribution in [0.15, 0.2) is 29.7 Å². The van der Waals surface area contributed by atoms with E-state index >= 15 is 0 Å². The van der Waals surface area contributed by atoms with E-state index < -0.39 is 0 Å². The van der Waals surface area contributed by atoms with Crippen molar-refractivity contribution in [1.82, 2.24) is 20.1 Å². The molecule has 22 heavy (non-hydrogen) atoms. The maximum Gasteiger partial charge on any atom is 0.183 e. The third-order valence-corrected chi connectivity index (χ3v) is 3.72. The van der Waals surface area contributed by atoms with Crippen LogP contribution in [0.1, 0.15) is 25.0 Å². The molecule has 1 N–H and O–H groups in total. The summed E-state index contributed by atoms with van der Waals surface area (Å²) in [5.41, 5.74) is 2.90. The molecule has 0 amide bonds. The molecule has 2 aromatic rings. The Morgan fingerprint density at radius 2 is 2.09 bits per heavy atom. The number of hydrogen-bond acceptors (Lipinski definition) is 4. The summed E-state index contributed by atoms with van der Waals surface area (Å²) in [5.74, 6) is 0.00931. The maximum absolute atomic E-state index is 14.4. The molecule has 0 unspecified atom stereocenters. The Morgan fingerprint density at radius 1 is 1.27 bits per heavy atom. The van der Waals surface area contributed by atoms with Gasteiger partial charge in [-0.2, -0.15) is 5.10 Å². The number of nitrogens with one attached hydrogen (secondary N) is 1. The molecule has 0 radical (unpaired) electrons. The number of nitrogens with zero attached hydrogens (tertiary/aromatic N) is 4. The van der Waals surface area contributed by atoms with Gasteiger partial charge >= 0.3 is 0 Å². The van der Waals surface area contributed by atoms with E-state index in [1.165, 1.54) is 12.4 Å². The number of aromatic nitrogens is 3. The van der Waals surface area contributed by atoms with Crippen LogP contribution >= 0.6 is 0 Å². The van der Waals surface area contributed by atoms with Crippen molar-refractivity contribution in [2.24, 2.45) is 4.99 Å². The van der Waals surface area contributed by atoms with Gasteiger partial charge < -0.3 is 4.90 Å². The van der Waals surface area contributed by atoms with E-state index in [0.29, 0.717) is 17.4 Å². The summed E-state index contributed by atoms with van der Waals surface area (Å²) in [6, 6.07) is 3.64. The molecule has 0 bridgehead atoms. The van der Waals surface area contributed by atoms with Gasteiger partial charge in [-0.05, 0) is 38.5 Å².